The molecule has 0 radical (unpaired) electrons. The zero-order valence-corrected chi connectivity index (χ0v) is 16.3. The number of carbonyl (C=O) groups is 1. The third kappa shape index (κ3) is 5.82. The van der Waals surface area contributed by atoms with E-state index >= 15 is 0 Å². The van der Waals surface area contributed by atoms with Gasteiger partial charge >= 0.3 is 0 Å². The van der Waals surface area contributed by atoms with Crippen LogP contribution in [0.5, 0.6) is 5.75 Å². The lowest BCUT2D eigenvalue weighted by Crippen LogP contribution is -2.29. The van der Waals surface area contributed by atoms with Gasteiger partial charge in [0.25, 0.3) is 0 Å². The molecule has 3 nitrogen and oxygen atoms in total. The minimum atomic E-state index is 0.0390. The highest BCUT2D eigenvalue weighted by atomic mass is 32.2. The zero-order chi connectivity index (χ0) is 18.2. The molecule has 0 saturated carbocycles. The van der Waals surface area contributed by atoms with Gasteiger partial charge in [-0.15, -0.1) is 11.8 Å². The van der Waals surface area contributed by atoms with Gasteiger partial charge in [-0.2, -0.15) is 0 Å². The van der Waals surface area contributed by atoms with Gasteiger partial charge in [0.05, 0.1) is 18.9 Å². The first-order valence-corrected chi connectivity index (χ1v) is 9.76. The summed E-state index contributed by atoms with van der Waals surface area (Å²) in [5.74, 6) is 2.28. The minimum absolute atomic E-state index is 0.0390. The molecule has 1 amide bonds. The Morgan fingerprint density at radius 2 is 1.88 bits per heavy atom. The molecule has 2 aromatic carbocycles. The normalized spacial score (nSPS) is 11.8. The third-order valence-electron chi connectivity index (χ3n) is 4.19. The highest BCUT2D eigenvalue weighted by Crippen LogP contribution is 2.24. The van der Waals surface area contributed by atoms with Crippen LogP contribution in [0.15, 0.2) is 42.5 Å². The van der Waals surface area contributed by atoms with E-state index < -0.39 is 0 Å². The molecule has 4 heteroatoms. The van der Waals surface area contributed by atoms with E-state index in [9.17, 15) is 4.79 Å². The topological polar surface area (TPSA) is 38.3 Å². The number of rotatable bonds is 8. The molecule has 0 aliphatic heterocycles. The molecule has 0 spiro atoms. The summed E-state index contributed by atoms with van der Waals surface area (Å²) < 4.78 is 5.31. The second-order valence-electron chi connectivity index (χ2n) is 6.24. The Bertz CT molecular complexity index is 698. The lowest BCUT2D eigenvalue weighted by atomic mass is 10.0. The SMILES string of the molecule is CC[C@@H](NC(=O)CSCc1ccc(C)cc1)c1ccc(OC)c(C)c1. The number of carbonyl (C=O) groups excluding carboxylic acids is 1. The van der Waals surface area contributed by atoms with Gasteiger partial charge in [0, 0.05) is 5.75 Å². The fourth-order valence-corrected chi connectivity index (χ4v) is 3.52. The van der Waals surface area contributed by atoms with Gasteiger partial charge in [0.1, 0.15) is 5.75 Å². The molecule has 1 atom stereocenters. The van der Waals surface area contributed by atoms with Gasteiger partial charge < -0.3 is 10.1 Å². The molecular formula is C21H27NO2S. The summed E-state index contributed by atoms with van der Waals surface area (Å²) in [5.41, 5.74) is 4.72. The van der Waals surface area contributed by atoms with E-state index in [4.69, 9.17) is 4.74 Å². The molecule has 2 aromatic rings. The predicted octanol–water partition coefficient (Wildman–Crippen LogP) is 4.81. The smallest absolute Gasteiger partial charge is 0.230 e. The average Bonchev–Trinajstić information content (AvgIpc) is 2.61. The molecule has 0 fully saturated rings. The largest absolute Gasteiger partial charge is 0.496 e. The van der Waals surface area contributed by atoms with Crippen LogP contribution in [0.2, 0.25) is 0 Å². The van der Waals surface area contributed by atoms with Gasteiger partial charge in [-0.25, -0.2) is 0 Å². The maximum absolute atomic E-state index is 12.3. The number of aryl methyl sites for hydroxylation is 2. The first-order valence-electron chi connectivity index (χ1n) is 8.60. The van der Waals surface area contributed by atoms with Crippen LogP contribution in [0.1, 0.15) is 41.6 Å². The van der Waals surface area contributed by atoms with Crippen LogP contribution in [-0.2, 0) is 10.5 Å². The van der Waals surface area contributed by atoms with E-state index in [0.717, 1.165) is 29.1 Å². The summed E-state index contributed by atoms with van der Waals surface area (Å²) in [5, 5.41) is 3.14. The van der Waals surface area contributed by atoms with Crippen LogP contribution in [0.3, 0.4) is 0 Å². The van der Waals surface area contributed by atoms with Crippen molar-refractivity contribution in [3.05, 3.63) is 64.7 Å². The number of thioether (sulfide) groups is 1. The number of amides is 1. The number of ether oxygens (including phenoxy) is 1. The molecule has 0 bridgehead atoms. The monoisotopic (exact) mass is 357 g/mol. The second-order valence-corrected chi connectivity index (χ2v) is 7.22. The summed E-state index contributed by atoms with van der Waals surface area (Å²) in [7, 11) is 1.67. The van der Waals surface area contributed by atoms with Crippen molar-refractivity contribution in [3.63, 3.8) is 0 Å². The van der Waals surface area contributed by atoms with E-state index in [-0.39, 0.29) is 11.9 Å². The van der Waals surface area contributed by atoms with Crippen molar-refractivity contribution in [1.82, 2.24) is 5.32 Å². The first-order chi connectivity index (χ1) is 12.0. The molecule has 134 valence electrons. The summed E-state index contributed by atoms with van der Waals surface area (Å²) in [6.45, 7) is 6.19. The Kier molecular flexibility index (Phi) is 7.38. The van der Waals surface area contributed by atoms with Gasteiger partial charge in [-0.3, -0.25) is 4.79 Å². The highest BCUT2D eigenvalue weighted by Gasteiger charge is 2.14. The standard InChI is InChI=1S/C21H27NO2S/c1-5-19(18-10-11-20(24-4)16(3)12-18)22-21(23)14-25-13-17-8-6-15(2)7-9-17/h6-12,19H,5,13-14H2,1-4H3,(H,22,23)/t19-/m1/s1. The maximum atomic E-state index is 12.3. The molecule has 0 aliphatic carbocycles. The van der Waals surface area contributed by atoms with Gasteiger partial charge in [-0.1, -0.05) is 48.9 Å². The quantitative estimate of drug-likeness (QED) is 0.736. The van der Waals surface area contributed by atoms with Crippen molar-refractivity contribution in [2.75, 3.05) is 12.9 Å². The zero-order valence-electron chi connectivity index (χ0n) is 15.5. The molecule has 0 aliphatic rings. The predicted molar refractivity (Wildman–Crippen MR) is 106 cm³/mol. The van der Waals surface area contributed by atoms with Gasteiger partial charge in [0.2, 0.25) is 5.91 Å². The van der Waals surface area contributed by atoms with Crippen LogP contribution in [0, 0.1) is 13.8 Å². The van der Waals surface area contributed by atoms with E-state index in [0.29, 0.717) is 5.75 Å². The summed E-state index contributed by atoms with van der Waals surface area (Å²) in [6, 6.07) is 14.6. The van der Waals surface area contributed by atoms with Crippen molar-refractivity contribution < 1.29 is 9.53 Å². The molecule has 25 heavy (non-hydrogen) atoms. The number of hydrogen-bond acceptors (Lipinski definition) is 3. The first kappa shape index (κ1) is 19.4. The van der Waals surface area contributed by atoms with Crippen molar-refractivity contribution in [2.45, 2.75) is 39.0 Å². The van der Waals surface area contributed by atoms with Crippen molar-refractivity contribution in [1.29, 1.82) is 0 Å². The fraction of sp³-hybridized carbons (Fsp3) is 0.381. The number of hydrogen-bond donors (Lipinski definition) is 1. The van der Waals surface area contributed by atoms with Crippen LogP contribution in [0.4, 0.5) is 0 Å². The minimum Gasteiger partial charge on any atom is -0.496 e. The van der Waals surface area contributed by atoms with E-state index in [2.05, 4.69) is 49.5 Å². The average molecular weight is 358 g/mol. The molecule has 0 unspecified atom stereocenters. The fourth-order valence-electron chi connectivity index (χ4n) is 2.72. The van der Waals surface area contributed by atoms with Crippen LogP contribution < -0.4 is 10.1 Å². The highest BCUT2D eigenvalue weighted by molar-refractivity contribution is 7.99. The van der Waals surface area contributed by atoms with Crippen molar-refractivity contribution >= 4 is 17.7 Å². The Morgan fingerprint density at radius 1 is 1.16 bits per heavy atom. The van der Waals surface area contributed by atoms with Crippen LogP contribution in [0.25, 0.3) is 0 Å². The molecular weight excluding hydrogens is 330 g/mol. The van der Waals surface area contributed by atoms with Crippen molar-refractivity contribution in [3.8, 4) is 5.75 Å². The summed E-state index contributed by atoms with van der Waals surface area (Å²) >= 11 is 1.65. The Morgan fingerprint density at radius 3 is 2.48 bits per heavy atom. The molecule has 0 aromatic heterocycles. The molecule has 0 heterocycles. The molecule has 1 N–H and O–H groups in total. The lowest BCUT2D eigenvalue weighted by molar-refractivity contribution is -0.119. The van der Waals surface area contributed by atoms with Gasteiger partial charge in [-0.05, 0) is 43.0 Å². The number of benzene rings is 2. The lowest BCUT2D eigenvalue weighted by Gasteiger charge is -2.19. The molecule has 0 saturated heterocycles. The Labute approximate surface area is 155 Å². The molecule has 2 rings (SSSR count). The maximum Gasteiger partial charge on any atom is 0.230 e. The Hall–Kier alpha value is -1.94. The number of nitrogens with one attached hydrogen (secondary N) is 1. The Balaban J connectivity index is 1.86. The van der Waals surface area contributed by atoms with Crippen LogP contribution in [-0.4, -0.2) is 18.8 Å². The third-order valence-corrected chi connectivity index (χ3v) is 5.19. The summed E-state index contributed by atoms with van der Waals surface area (Å²) in [6.07, 6.45) is 0.861. The van der Waals surface area contributed by atoms with E-state index in [1.54, 1.807) is 18.9 Å². The van der Waals surface area contributed by atoms with Crippen molar-refractivity contribution in [2.24, 2.45) is 0 Å². The van der Waals surface area contributed by atoms with E-state index in [1.165, 1.54) is 11.1 Å². The van der Waals surface area contributed by atoms with Crippen LogP contribution >= 0.6 is 11.8 Å². The second kappa shape index (κ2) is 9.52. The summed E-state index contributed by atoms with van der Waals surface area (Å²) in [4.78, 5) is 12.3. The van der Waals surface area contributed by atoms with Gasteiger partial charge in [0.15, 0.2) is 0 Å². The van der Waals surface area contributed by atoms with E-state index in [1.807, 2.05) is 19.1 Å². The number of methoxy groups -OCH3 is 1.